The highest BCUT2D eigenvalue weighted by Gasteiger charge is 2.37. The Labute approximate surface area is 207 Å². The van der Waals surface area contributed by atoms with Gasteiger partial charge in [0.05, 0.1) is 17.5 Å². The fraction of sp³-hybridized carbons (Fsp3) is 0.185. The molecule has 3 N–H and O–H groups in total. The molecule has 0 radical (unpaired) electrons. The molecular weight excluding hydrogens is 498 g/mol. The molecule has 1 atom stereocenters. The maximum atomic E-state index is 13.2. The lowest BCUT2D eigenvalue weighted by molar-refractivity contribution is -0.143. The van der Waals surface area contributed by atoms with E-state index in [9.17, 15) is 35.9 Å². The predicted octanol–water partition coefficient (Wildman–Crippen LogP) is 5.79. The van der Waals surface area contributed by atoms with E-state index in [1.807, 2.05) is 54.6 Å². The monoisotopic (exact) mass is 518 g/mol. The van der Waals surface area contributed by atoms with Crippen LogP contribution in [0, 0.1) is 0 Å². The summed E-state index contributed by atoms with van der Waals surface area (Å²) < 4.78 is 78.9. The Kier molecular flexibility index (Phi) is 6.86. The number of alkyl halides is 6. The molecule has 4 aromatic carbocycles. The van der Waals surface area contributed by atoms with E-state index in [0.717, 1.165) is 27.1 Å². The molecule has 4 aromatic rings. The van der Waals surface area contributed by atoms with Crippen molar-refractivity contribution in [2.45, 2.75) is 31.2 Å². The summed E-state index contributed by atoms with van der Waals surface area (Å²) in [4.78, 5) is 24.9. The number of fused-ring (bicyclic) bond motifs is 2. The van der Waals surface area contributed by atoms with Gasteiger partial charge in [0, 0.05) is 6.42 Å². The van der Waals surface area contributed by atoms with Gasteiger partial charge in [0.15, 0.2) is 0 Å². The van der Waals surface area contributed by atoms with Crippen molar-refractivity contribution < 1.29 is 35.9 Å². The highest BCUT2D eigenvalue weighted by atomic mass is 19.4. The first-order chi connectivity index (χ1) is 17.3. The molecule has 2 amide bonds. The number of primary amides is 1. The zero-order valence-electron chi connectivity index (χ0n) is 19.1. The summed E-state index contributed by atoms with van der Waals surface area (Å²) >= 11 is 0. The largest absolute Gasteiger partial charge is 0.416 e. The van der Waals surface area contributed by atoms with Gasteiger partial charge in [-0.1, -0.05) is 48.5 Å². The number of amides is 2. The Morgan fingerprint density at radius 3 is 1.70 bits per heavy atom. The van der Waals surface area contributed by atoms with Crippen molar-refractivity contribution in [3.05, 3.63) is 95.1 Å². The highest BCUT2D eigenvalue weighted by Crippen LogP contribution is 2.36. The topological polar surface area (TPSA) is 72.2 Å². The van der Waals surface area contributed by atoms with E-state index in [0.29, 0.717) is 12.1 Å². The van der Waals surface area contributed by atoms with Crippen molar-refractivity contribution in [2.75, 3.05) is 0 Å². The summed E-state index contributed by atoms with van der Waals surface area (Å²) in [6.45, 7) is 0. The second kappa shape index (κ2) is 9.76. The van der Waals surface area contributed by atoms with Crippen molar-refractivity contribution >= 4 is 33.4 Å². The van der Waals surface area contributed by atoms with Crippen molar-refractivity contribution in [3.63, 3.8) is 0 Å². The summed E-state index contributed by atoms with van der Waals surface area (Å²) in [7, 11) is 0. The van der Waals surface area contributed by atoms with Crippen LogP contribution in [0.15, 0.2) is 72.8 Å². The first kappa shape index (κ1) is 26.0. The van der Waals surface area contributed by atoms with Crippen LogP contribution in [0.1, 0.15) is 22.3 Å². The number of carbonyl (C=O) groups excluding carboxylic acids is 2. The zero-order valence-corrected chi connectivity index (χ0v) is 19.1. The molecule has 0 unspecified atom stereocenters. The molecular formula is C27H20F6N2O2. The maximum Gasteiger partial charge on any atom is 0.416 e. The minimum Gasteiger partial charge on any atom is -0.368 e. The van der Waals surface area contributed by atoms with Gasteiger partial charge in [-0.2, -0.15) is 26.3 Å². The number of benzene rings is 4. The molecule has 0 bridgehead atoms. The third-order valence-electron chi connectivity index (χ3n) is 5.98. The van der Waals surface area contributed by atoms with Gasteiger partial charge in [-0.25, -0.2) is 0 Å². The lowest BCUT2D eigenvalue weighted by Gasteiger charge is -2.19. The number of hydrogen-bond acceptors (Lipinski definition) is 2. The van der Waals surface area contributed by atoms with Gasteiger partial charge in [-0.15, -0.1) is 0 Å². The third kappa shape index (κ3) is 5.84. The number of hydrogen-bond donors (Lipinski definition) is 2. The van der Waals surface area contributed by atoms with Crippen LogP contribution in [0.4, 0.5) is 26.3 Å². The van der Waals surface area contributed by atoms with Crippen LogP contribution < -0.4 is 11.1 Å². The van der Waals surface area contributed by atoms with Crippen LogP contribution in [0.3, 0.4) is 0 Å². The number of rotatable bonds is 6. The van der Waals surface area contributed by atoms with E-state index in [2.05, 4.69) is 5.32 Å². The van der Waals surface area contributed by atoms with E-state index in [4.69, 9.17) is 5.73 Å². The van der Waals surface area contributed by atoms with Gasteiger partial charge >= 0.3 is 12.4 Å². The first-order valence-electron chi connectivity index (χ1n) is 11.1. The van der Waals surface area contributed by atoms with Crippen molar-refractivity contribution in [2.24, 2.45) is 5.73 Å². The van der Waals surface area contributed by atoms with Crippen LogP contribution >= 0.6 is 0 Å². The molecule has 0 fully saturated rings. The van der Waals surface area contributed by atoms with E-state index >= 15 is 0 Å². The predicted molar refractivity (Wildman–Crippen MR) is 126 cm³/mol. The Balaban J connectivity index is 1.64. The van der Waals surface area contributed by atoms with Gasteiger partial charge in [0.2, 0.25) is 11.8 Å². The number of halogens is 6. The van der Waals surface area contributed by atoms with Crippen molar-refractivity contribution in [1.82, 2.24) is 5.32 Å². The van der Waals surface area contributed by atoms with Gasteiger partial charge < -0.3 is 11.1 Å². The van der Waals surface area contributed by atoms with Crippen LogP contribution in [-0.2, 0) is 34.8 Å². The van der Waals surface area contributed by atoms with Crippen LogP contribution in [-0.4, -0.2) is 17.9 Å². The normalized spacial score (nSPS) is 13.0. The number of nitrogens with two attached hydrogens (primary N) is 1. The molecule has 0 saturated carbocycles. The second-order valence-corrected chi connectivity index (χ2v) is 8.61. The molecule has 10 heteroatoms. The maximum absolute atomic E-state index is 13.2. The molecule has 0 aromatic heterocycles. The molecule has 4 nitrogen and oxygen atoms in total. The number of nitrogens with one attached hydrogen (secondary N) is 1. The Bertz CT molecular complexity index is 1410. The SMILES string of the molecule is NC(=O)[C@H](Cc1c2ccccc2cc2ccccc12)NC(=O)Cc1cc(C(F)(F)F)cc(C(F)(F)F)c1. The standard InChI is InChI=1S/C27H20F6N2O2/c28-26(29,30)18-9-15(10-19(13-18)27(31,32)33)11-24(36)35-23(25(34)37)14-22-20-7-3-1-5-16(20)12-17-6-2-4-8-21(17)22/h1-10,12-13,23H,11,14H2,(H2,34,37)(H,35,36)/t23-/m0/s1. The van der Waals surface area contributed by atoms with Crippen LogP contribution in [0.2, 0.25) is 0 Å². The average molecular weight is 518 g/mol. The molecule has 0 aliphatic rings. The summed E-state index contributed by atoms with van der Waals surface area (Å²) in [6, 6.07) is 16.4. The van der Waals surface area contributed by atoms with Gasteiger partial charge in [-0.05, 0) is 56.9 Å². The zero-order chi connectivity index (χ0) is 27.0. The van der Waals surface area contributed by atoms with Gasteiger partial charge in [0.1, 0.15) is 6.04 Å². The quantitative estimate of drug-likeness (QED) is 0.251. The van der Waals surface area contributed by atoms with E-state index in [-0.39, 0.29) is 12.5 Å². The van der Waals surface area contributed by atoms with E-state index in [1.54, 1.807) is 0 Å². The Hall–Kier alpha value is -4.08. The Morgan fingerprint density at radius 2 is 1.24 bits per heavy atom. The second-order valence-electron chi connectivity index (χ2n) is 8.61. The lowest BCUT2D eigenvalue weighted by Crippen LogP contribution is -2.46. The molecule has 192 valence electrons. The highest BCUT2D eigenvalue weighted by molar-refractivity contribution is 6.03. The summed E-state index contributed by atoms with van der Waals surface area (Å²) in [5.41, 5.74) is 2.69. The van der Waals surface area contributed by atoms with E-state index < -0.39 is 53.3 Å². The van der Waals surface area contributed by atoms with Gasteiger partial charge in [0.25, 0.3) is 0 Å². The number of carbonyl (C=O) groups is 2. The molecule has 4 rings (SSSR count). The fourth-order valence-electron chi connectivity index (χ4n) is 4.31. The smallest absolute Gasteiger partial charge is 0.368 e. The molecule has 0 heterocycles. The van der Waals surface area contributed by atoms with Crippen LogP contribution in [0.5, 0.6) is 0 Å². The van der Waals surface area contributed by atoms with Crippen molar-refractivity contribution in [3.8, 4) is 0 Å². The molecule has 0 spiro atoms. The molecule has 0 saturated heterocycles. The van der Waals surface area contributed by atoms with E-state index in [1.165, 1.54) is 0 Å². The minimum absolute atomic E-state index is 0.0146. The third-order valence-corrected chi connectivity index (χ3v) is 5.98. The summed E-state index contributed by atoms with van der Waals surface area (Å²) in [6.07, 6.45) is -10.9. The minimum atomic E-state index is -5.04. The van der Waals surface area contributed by atoms with Crippen LogP contribution in [0.25, 0.3) is 21.5 Å². The molecule has 0 aliphatic heterocycles. The average Bonchev–Trinajstić information content (AvgIpc) is 2.81. The molecule has 0 aliphatic carbocycles. The van der Waals surface area contributed by atoms with Gasteiger partial charge in [-0.3, -0.25) is 9.59 Å². The fourth-order valence-corrected chi connectivity index (χ4v) is 4.31. The summed E-state index contributed by atoms with van der Waals surface area (Å²) in [5, 5.41) is 5.78. The van der Waals surface area contributed by atoms with Crippen molar-refractivity contribution in [1.29, 1.82) is 0 Å². The lowest BCUT2D eigenvalue weighted by atomic mass is 9.92. The first-order valence-corrected chi connectivity index (χ1v) is 11.1. The summed E-state index contributed by atoms with van der Waals surface area (Å²) in [5.74, 6) is -1.84. The Morgan fingerprint density at radius 1 is 0.757 bits per heavy atom. The molecule has 37 heavy (non-hydrogen) atoms.